The molecule has 1 saturated heterocycles. The van der Waals surface area contributed by atoms with Crippen molar-refractivity contribution >= 4 is 35.3 Å². The zero-order valence-corrected chi connectivity index (χ0v) is 12.4. The number of hydrogen-bond acceptors (Lipinski definition) is 4. The molecule has 1 aliphatic heterocycles. The van der Waals surface area contributed by atoms with E-state index in [-0.39, 0.29) is 12.4 Å². The van der Waals surface area contributed by atoms with Gasteiger partial charge in [-0.1, -0.05) is 11.6 Å². The van der Waals surface area contributed by atoms with Crippen LogP contribution in [0.15, 0.2) is 6.20 Å². The van der Waals surface area contributed by atoms with E-state index in [1.807, 2.05) is 7.05 Å². The molecule has 2 heterocycles. The second-order valence-corrected chi connectivity index (χ2v) is 6.11. The summed E-state index contributed by atoms with van der Waals surface area (Å²) in [5, 5.41) is 4.40. The lowest BCUT2D eigenvalue weighted by atomic mass is 9.98. The van der Waals surface area contributed by atoms with Gasteiger partial charge in [0.2, 0.25) is 0 Å². The van der Waals surface area contributed by atoms with Crippen molar-refractivity contribution in [1.82, 2.24) is 15.2 Å². The molecule has 1 N–H and O–H groups in total. The van der Waals surface area contributed by atoms with Gasteiger partial charge in [0.05, 0.1) is 12.7 Å². The molecular formula is C11H19Cl2N3S. The van der Waals surface area contributed by atoms with Gasteiger partial charge in [0.25, 0.3) is 0 Å². The quantitative estimate of drug-likeness (QED) is 0.926. The van der Waals surface area contributed by atoms with Crippen LogP contribution in [-0.2, 0) is 6.54 Å². The summed E-state index contributed by atoms with van der Waals surface area (Å²) in [5.41, 5.74) is 0. The Morgan fingerprint density at radius 2 is 2.47 bits per heavy atom. The lowest BCUT2D eigenvalue weighted by Crippen LogP contribution is -2.38. The summed E-state index contributed by atoms with van der Waals surface area (Å²) in [6, 6.07) is 0. The molecule has 0 spiro atoms. The first-order chi connectivity index (χ1) is 7.78. The van der Waals surface area contributed by atoms with Crippen LogP contribution in [0, 0.1) is 5.92 Å². The number of aromatic nitrogens is 1. The van der Waals surface area contributed by atoms with E-state index in [1.54, 1.807) is 17.5 Å². The maximum atomic E-state index is 5.88. The third-order valence-corrected chi connectivity index (χ3v) is 4.08. The zero-order valence-electron chi connectivity index (χ0n) is 9.99. The monoisotopic (exact) mass is 295 g/mol. The lowest BCUT2D eigenvalue weighted by molar-refractivity contribution is 0.166. The molecule has 3 nitrogen and oxygen atoms in total. The molecule has 1 fully saturated rings. The largest absolute Gasteiger partial charge is 0.319 e. The predicted octanol–water partition coefficient (Wildman–Crippen LogP) is 2.65. The molecule has 6 heteroatoms. The topological polar surface area (TPSA) is 28.2 Å². The lowest BCUT2D eigenvalue weighted by Gasteiger charge is -2.31. The predicted molar refractivity (Wildman–Crippen MR) is 76.3 cm³/mol. The molecule has 98 valence electrons. The molecular weight excluding hydrogens is 277 g/mol. The molecule has 0 aliphatic carbocycles. The molecule has 2 rings (SSSR count). The third kappa shape index (κ3) is 4.72. The molecule has 1 aromatic heterocycles. The van der Waals surface area contributed by atoms with E-state index in [0.29, 0.717) is 0 Å². The minimum Gasteiger partial charge on any atom is -0.319 e. The van der Waals surface area contributed by atoms with E-state index >= 15 is 0 Å². The maximum Gasteiger partial charge on any atom is 0.113 e. The van der Waals surface area contributed by atoms with Crippen LogP contribution in [0.1, 0.15) is 17.8 Å². The number of nitrogens with one attached hydrogen (secondary N) is 1. The average molecular weight is 296 g/mol. The smallest absolute Gasteiger partial charge is 0.113 e. The van der Waals surface area contributed by atoms with Gasteiger partial charge in [-0.15, -0.1) is 23.7 Å². The van der Waals surface area contributed by atoms with Gasteiger partial charge in [-0.05, 0) is 38.9 Å². The highest BCUT2D eigenvalue weighted by molar-refractivity contribution is 7.15. The van der Waals surface area contributed by atoms with Crippen molar-refractivity contribution in [3.8, 4) is 0 Å². The molecule has 1 atom stereocenters. The third-order valence-electron chi connectivity index (χ3n) is 2.98. The van der Waals surface area contributed by atoms with Gasteiger partial charge in [-0.3, -0.25) is 4.90 Å². The molecule has 0 bridgehead atoms. The van der Waals surface area contributed by atoms with Crippen molar-refractivity contribution in [1.29, 1.82) is 0 Å². The molecule has 0 aromatic carbocycles. The molecule has 1 unspecified atom stereocenters. The second-order valence-electron chi connectivity index (χ2n) is 4.36. The average Bonchev–Trinajstić information content (AvgIpc) is 2.65. The second kappa shape index (κ2) is 7.54. The minimum atomic E-state index is 0. The molecule has 0 saturated carbocycles. The summed E-state index contributed by atoms with van der Waals surface area (Å²) >= 11 is 7.48. The summed E-state index contributed by atoms with van der Waals surface area (Å²) in [6.07, 6.45) is 4.39. The Labute approximate surface area is 118 Å². The first-order valence-electron chi connectivity index (χ1n) is 5.75. The molecule has 17 heavy (non-hydrogen) atoms. The highest BCUT2D eigenvalue weighted by Gasteiger charge is 2.19. The van der Waals surface area contributed by atoms with Crippen LogP contribution in [0.4, 0.5) is 0 Å². The van der Waals surface area contributed by atoms with Gasteiger partial charge in [-0.25, -0.2) is 4.98 Å². The highest BCUT2D eigenvalue weighted by Crippen LogP contribution is 2.22. The molecule has 0 amide bonds. The van der Waals surface area contributed by atoms with E-state index in [2.05, 4.69) is 15.2 Å². The Morgan fingerprint density at radius 1 is 1.65 bits per heavy atom. The number of nitrogens with zero attached hydrogens (tertiary/aromatic N) is 2. The van der Waals surface area contributed by atoms with Crippen molar-refractivity contribution in [3.63, 3.8) is 0 Å². The fourth-order valence-corrected chi connectivity index (χ4v) is 3.30. The van der Waals surface area contributed by atoms with Crippen molar-refractivity contribution in [2.45, 2.75) is 19.4 Å². The Morgan fingerprint density at radius 3 is 3.12 bits per heavy atom. The fraction of sp³-hybridized carbons (Fsp3) is 0.727. The summed E-state index contributed by atoms with van der Waals surface area (Å²) in [5.74, 6) is 0.786. The van der Waals surface area contributed by atoms with Gasteiger partial charge in [0, 0.05) is 6.54 Å². The summed E-state index contributed by atoms with van der Waals surface area (Å²) in [6.45, 7) is 4.45. The van der Waals surface area contributed by atoms with E-state index in [1.165, 1.54) is 25.9 Å². The normalized spacial score (nSPS) is 21.2. The van der Waals surface area contributed by atoms with Crippen molar-refractivity contribution in [2.75, 3.05) is 26.7 Å². The van der Waals surface area contributed by atoms with Gasteiger partial charge < -0.3 is 5.32 Å². The van der Waals surface area contributed by atoms with Gasteiger partial charge >= 0.3 is 0 Å². The van der Waals surface area contributed by atoms with Crippen LogP contribution in [0.3, 0.4) is 0 Å². The number of rotatable bonds is 4. The van der Waals surface area contributed by atoms with Crippen LogP contribution in [0.25, 0.3) is 0 Å². The van der Waals surface area contributed by atoms with Crippen LogP contribution in [0.5, 0.6) is 0 Å². The summed E-state index contributed by atoms with van der Waals surface area (Å²) in [7, 11) is 2.03. The minimum absolute atomic E-state index is 0. The zero-order chi connectivity index (χ0) is 11.4. The van der Waals surface area contributed by atoms with E-state index in [4.69, 9.17) is 11.6 Å². The van der Waals surface area contributed by atoms with Crippen molar-refractivity contribution in [3.05, 3.63) is 15.5 Å². The Bertz CT molecular complexity index is 330. The first kappa shape index (κ1) is 15.2. The van der Waals surface area contributed by atoms with Gasteiger partial charge in [-0.2, -0.15) is 0 Å². The number of likely N-dealkylation sites (tertiary alicyclic amines) is 1. The molecule has 1 aromatic rings. The van der Waals surface area contributed by atoms with E-state index in [0.717, 1.165) is 28.4 Å². The van der Waals surface area contributed by atoms with E-state index < -0.39 is 0 Å². The number of thiazole rings is 1. The number of halogens is 2. The summed E-state index contributed by atoms with van der Waals surface area (Å²) < 4.78 is 0.791. The Balaban J connectivity index is 0.00000144. The van der Waals surface area contributed by atoms with Crippen LogP contribution in [-0.4, -0.2) is 36.6 Å². The fourth-order valence-electron chi connectivity index (χ4n) is 2.30. The molecule has 0 radical (unpaired) electrons. The van der Waals surface area contributed by atoms with Crippen molar-refractivity contribution in [2.24, 2.45) is 5.92 Å². The van der Waals surface area contributed by atoms with Gasteiger partial charge in [0.15, 0.2) is 0 Å². The highest BCUT2D eigenvalue weighted by atomic mass is 35.5. The Hall–Kier alpha value is 0.130. The van der Waals surface area contributed by atoms with Crippen molar-refractivity contribution < 1.29 is 0 Å². The van der Waals surface area contributed by atoms with E-state index in [9.17, 15) is 0 Å². The maximum absolute atomic E-state index is 5.88. The van der Waals surface area contributed by atoms with Gasteiger partial charge in [0.1, 0.15) is 9.34 Å². The first-order valence-corrected chi connectivity index (χ1v) is 6.94. The van der Waals surface area contributed by atoms with Crippen LogP contribution >= 0.6 is 35.3 Å². The standard InChI is InChI=1S/C11H18ClN3S.ClH/c1-13-5-9-3-2-4-15(7-9)8-11-14-6-10(12)16-11;/h6,9,13H,2-5,7-8H2,1H3;1H. The number of hydrogen-bond donors (Lipinski definition) is 1. The Kier molecular flexibility index (Phi) is 6.74. The number of piperidine rings is 1. The van der Waals surface area contributed by atoms with Crippen LogP contribution < -0.4 is 5.32 Å². The summed E-state index contributed by atoms with van der Waals surface area (Å²) in [4.78, 5) is 6.80. The molecule has 1 aliphatic rings. The SMILES string of the molecule is CNCC1CCCN(Cc2ncc(Cl)s2)C1.Cl. The van der Waals surface area contributed by atoms with Crippen LogP contribution in [0.2, 0.25) is 4.34 Å².